The standard InChI is InChI=1S/C16H13BrClN5O/c1-10(16(24)19-14-8-6-13(18)7-9-14)23-21-15(20-22-23)11-2-4-12(17)5-3-11/h2-10H,1H3,(H,19,24). The fourth-order valence-electron chi connectivity index (χ4n) is 1.99. The Morgan fingerprint density at radius 1 is 1.17 bits per heavy atom. The number of anilines is 1. The largest absolute Gasteiger partial charge is 0.324 e. The SMILES string of the molecule is CC(C(=O)Nc1ccc(Cl)cc1)n1nnc(-c2ccc(Br)cc2)n1. The fourth-order valence-corrected chi connectivity index (χ4v) is 2.38. The number of carbonyl (C=O) groups is 1. The smallest absolute Gasteiger partial charge is 0.250 e. The Hall–Kier alpha value is -2.25. The Kier molecular flexibility index (Phi) is 4.92. The summed E-state index contributed by atoms with van der Waals surface area (Å²) >= 11 is 9.21. The van der Waals surface area contributed by atoms with Crippen molar-refractivity contribution in [2.24, 2.45) is 0 Å². The number of carbonyl (C=O) groups excluding carboxylic acids is 1. The minimum atomic E-state index is -0.600. The van der Waals surface area contributed by atoms with Gasteiger partial charge in [0.25, 0.3) is 5.91 Å². The summed E-state index contributed by atoms with van der Waals surface area (Å²) in [5.74, 6) is 0.228. The third-order valence-electron chi connectivity index (χ3n) is 3.37. The van der Waals surface area contributed by atoms with E-state index in [4.69, 9.17) is 11.6 Å². The average molecular weight is 407 g/mol. The molecule has 0 aliphatic rings. The van der Waals surface area contributed by atoms with E-state index in [1.807, 2.05) is 24.3 Å². The zero-order valence-electron chi connectivity index (χ0n) is 12.6. The molecule has 1 N–H and O–H groups in total. The first-order chi connectivity index (χ1) is 11.5. The second-order valence-electron chi connectivity index (χ2n) is 5.11. The second kappa shape index (κ2) is 7.11. The highest BCUT2D eigenvalue weighted by molar-refractivity contribution is 9.10. The topological polar surface area (TPSA) is 72.7 Å². The summed E-state index contributed by atoms with van der Waals surface area (Å²) in [6, 6.07) is 13.8. The van der Waals surface area contributed by atoms with E-state index in [2.05, 4.69) is 36.7 Å². The molecule has 3 aromatic rings. The van der Waals surface area contributed by atoms with Gasteiger partial charge in [-0.25, -0.2) is 0 Å². The number of benzene rings is 2. The molecule has 6 nitrogen and oxygen atoms in total. The molecule has 0 saturated heterocycles. The summed E-state index contributed by atoms with van der Waals surface area (Å²) in [5.41, 5.74) is 1.49. The third-order valence-corrected chi connectivity index (χ3v) is 4.15. The molecule has 1 unspecified atom stereocenters. The molecule has 0 saturated carbocycles. The van der Waals surface area contributed by atoms with Gasteiger partial charge >= 0.3 is 0 Å². The first-order valence-electron chi connectivity index (χ1n) is 7.15. The van der Waals surface area contributed by atoms with Crippen LogP contribution in [0.15, 0.2) is 53.0 Å². The van der Waals surface area contributed by atoms with E-state index in [9.17, 15) is 4.79 Å². The maximum atomic E-state index is 12.3. The number of aromatic nitrogens is 4. The van der Waals surface area contributed by atoms with Crippen molar-refractivity contribution in [2.45, 2.75) is 13.0 Å². The van der Waals surface area contributed by atoms with Crippen molar-refractivity contribution in [3.8, 4) is 11.4 Å². The number of tetrazole rings is 1. The summed E-state index contributed by atoms with van der Waals surface area (Å²) in [7, 11) is 0. The lowest BCUT2D eigenvalue weighted by atomic mass is 10.2. The normalized spacial score (nSPS) is 12.0. The second-order valence-corrected chi connectivity index (χ2v) is 6.46. The lowest BCUT2D eigenvalue weighted by Gasteiger charge is -2.10. The van der Waals surface area contributed by atoms with E-state index in [-0.39, 0.29) is 5.91 Å². The quantitative estimate of drug-likeness (QED) is 0.712. The van der Waals surface area contributed by atoms with Crippen molar-refractivity contribution in [3.63, 3.8) is 0 Å². The van der Waals surface area contributed by atoms with Gasteiger partial charge < -0.3 is 5.32 Å². The van der Waals surface area contributed by atoms with Gasteiger partial charge in [-0.1, -0.05) is 27.5 Å². The Bertz CT molecular complexity index is 848. The summed E-state index contributed by atoms with van der Waals surface area (Å²) in [6.45, 7) is 1.71. The van der Waals surface area contributed by atoms with Crippen LogP contribution in [0.1, 0.15) is 13.0 Å². The summed E-state index contributed by atoms with van der Waals surface area (Å²) in [5, 5.41) is 15.7. The van der Waals surface area contributed by atoms with Crippen LogP contribution < -0.4 is 5.32 Å². The van der Waals surface area contributed by atoms with Crippen LogP contribution in [-0.2, 0) is 4.79 Å². The molecule has 0 fully saturated rings. The molecule has 1 heterocycles. The van der Waals surface area contributed by atoms with E-state index in [0.29, 0.717) is 16.5 Å². The molecular weight excluding hydrogens is 394 g/mol. The summed E-state index contributed by atoms with van der Waals surface area (Å²) in [6.07, 6.45) is 0. The van der Waals surface area contributed by atoms with Crippen LogP contribution in [0.25, 0.3) is 11.4 Å². The summed E-state index contributed by atoms with van der Waals surface area (Å²) in [4.78, 5) is 13.6. The van der Waals surface area contributed by atoms with Gasteiger partial charge in [-0.15, -0.1) is 10.2 Å². The van der Waals surface area contributed by atoms with E-state index in [1.165, 1.54) is 4.80 Å². The van der Waals surface area contributed by atoms with Crippen LogP contribution in [0.4, 0.5) is 5.69 Å². The van der Waals surface area contributed by atoms with Crippen LogP contribution in [-0.4, -0.2) is 26.1 Å². The van der Waals surface area contributed by atoms with Gasteiger partial charge in [-0.2, -0.15) is 4.80 Å². The Morgan fingerprint density at radius 2 is 1.83 bits per heavy atom. The van der Waals surface area contributed by atoms with Crippen LogP contribution in [0, 0.1) is 0 Å². The predicted octanol–water partition coefficient (Wildman–Crippen LogP) is 3.96. The fraction of sp³-hybridized carbons (Fsp3) is 0.125. The molecule has 1 amide bonds. The maximum Gasteiger partial charge on any atom is 0.250 e. The minimum absolute atomic E-state index is 0.239. The molecule has 8 heteroatoms. The number of rotatable bonds is 4. The highest BCUT2D eigenvalue weighted by Gasteiger charge is 2.19. The first-order valence-corrected chi connectivity index (χ1v) is 8.32. The van der Waals surface area contributed by atoms with Gasteiger partial charge in [0.2, 0.25) is 5.82 Å². The molecule has 0 bridgehead atoms. The maximum absolute atomic E-state index is 12.3. The van der Waals surface area contributed by atoms with E-state index in [0.717, 1.165) is 10.0 Å². The van der Waals surface area contributed by atoms with Crippen molar-refractivity contribution in [1.29, 1.82) is 0 Å². The Balaban J connectivity index is 1.73. The van der Waals surface area contributed by atoms with Crippen molar-refractivity contribution >= 4 is 39.1 Å². The number of nitrogens with one attached hydrogen (secondary N) is 1. The van der Waals surface area contributed by atoms with Crippen LogP contribution in [0.3, 0.4) is 0 Å². The molecule has 2 aromatic carbocycles. The third kappa shape index (κ3) is 3.80. The zero-order valence-corrected chi connectivity index (χ0v) is 15.0. The molecule has 1 aromatic heterocycles. The monoisotopic (exact) mass is 405 g/mol. The number of hydrogen-bond acceptors (Lipinski definition) is 4. The number of halogens is 2. The molecule has 24 heavy (non-hydrogen) atoms. The predicted molar refractivity (Wildman–Crippen MR) is 95.7 cm³/mol. The Labute approximate surface area is 152 Å². The van der Waals surface area contributed by atoms with Gasteiger partial charge in [0, 0.05) is 20.7 Å². The van der Waals surface area contributed by atoms with Gasteiger partial charge in [0.05, 0.1) is 0 Å². The molecular formula is C16H13BrClN5O. The molecule has 0 aliphatic carbocycles. The highest BCUT2D eigenvalue weighted by atomic mass is 79.9. The number of amides is 1. The van der Waals surface area contributed by atoms with Crippen molar-refractivity contribution in [1.82, 2.24) is 20.2 Å². The van der Waals surface area contributed by atoms with Gasteiger partial charge in [-0.3, -0.25) is 4.79 Å². The van der Waals surface area contributed by atoms with Crippen molar-refractivity contribution in [3.05, 3.63) is 58.0 Å². The van der Waals surface area contributed by atoms with Crippen LogP contribution in [0.5, 0.6) is 0 Å². The van der Waals surface area contributed by atoms with E-state index < -0.39 is 6.04 Å². The van der Waals surface area contributed by atoms with Gasteiger partial charge in [0.15, 0.2) is 0 Å². The zero-order chi connectivity index (χ0) is 17.1. The molecule has 0 spiro atoms. The van der Waals surface area contributed by atoms with E-state index >= 15 is 0 Å². The highest BCUT2D eigenvalue weighted by Crippen LogP contribution is 2.19. The molecule has 0 aliphatic heterocycles. The minimum Gasteiger partial charge on any atom is -0.324 e. The van der Waals surface area contributed by atoms with E-state index in [1.54, 1.807) is 31.2 Å². The molecule has 0 radical (unpaired) electrons. The summed E-state index contributed by atoms with van der Waals surface area (Å²) < 4.78 is 0.967. The van der Waals surface area contributed by atoms with Crippen molar-refractivity contribution < 1.29 is 4.79 Å². The molecule has 122 valence electrons. The molecule has 1 atom stereocenters. The number of hydrogen-bond donors (Lipinski definition) is 1. The molecule has 3 rings (SSSR count). The van der Waals surface area contributed by atoms with Gasteiger partial charge in [0.1, 0.15) is 6.04 Å². The lowest BCUT2D eigenvalue weighted by Crippen LogP contribution is -2.25. The van der Waals surface area contributed by atoms with Crippen LogP contribution in [0.2, 0.25) is 5.02 Å². The Morgan fingerprint density at radius 3 is 2.50 bits per heavy atom. The van der Waals surface area contributed by atoms with Crippen LogP contribution >= 0.6 is 27.5 Å². The first kappa shape index (κ1) is 16.6. The van der Waals surface area contributed by atoms with Gasteiger partial charge in [-0.05, 0) is 60.7 Å². The van der Waals surface area contributed by atoms with Crippen molar-refractivity contribution in [2.75, 3.05) is 5.32 Å². The average Bonchev–Trinajstić information content (AvgIpc) is 3.07. The lowest BCUT2D eigenvalue weighted by molar-refractivity contribution is -0.119. The number of nitrogens with zero attached hydrogens (tertiary/aromatic N) is 4.